The number of rotatable bonds is 6. The number of aryl methyl sites for hydroxylation is 1. The second-order valence-corrected chi connectivity index (χ2v) is 9.59. The summed E-state index contributed by atoms with van der Waals surface area (Å²) in [5.74, 6) is 0.555. The lowest BCUT2D eigenvalue weighted by molar-refractivity contribution is 0.128. The molecule has 0 saturated carbocycles. The number of nitrogens with zero attached hydrogens (tertiary/aromatic N) is 1. The molecule has 2 aliphatic rings. The largest absolute Gasteiger partial charge is 0.380 e. The number of hydrogen-bond acceptors (Lipinski definition) is 5. The highest BCUT2D eigenvalue weighted by Crippen LogP contribution is 2.41. The van der Waals surface area contributed by atoms with Crippen molar-refractivity contribution in [2.24, 2.45) is 11.3 Å². The van der Waals surface area contributed by atoms with Crippen molar-refractivity contribution in [2.75, 3.05) is 38.6 Å². The monoisotopic (exact) mass is 344 g/mol. The number of nitrogens with one attached hydrogen (secondary N) is 1. The van der Waals surface area contributed by atoms with Crippen LogP contribution in [-0.4, -0.2) is 51.9 Å². The first kappa shape index (κ1) is 16.4. The van der Waals surface area contributed by atoms with E-state index in [0.717, 1.165) is 26.2 Å². The molecular weight excluding hydrogens is 320 g/mol. The van der Waals surface area contributed by atoms with Crippen LogP contribution in [0.2, 0.25) is 0 Å². The third-order valence-electron chi connectivity index (χ3n) is 4.95. The average molecular weight is 345 g/mol. The Kier molecular flexibility index (Phi) is 4.62. The van der Waals surface area contributed by atoms with Crippen LogP contribution in [0.25, 0.3) is 0 Å². The second kappa shape index (κ2) is 6.20. The highest BCUT2D eigenvalue weighted by atomic mass is 32.2. The lowest BCUT2D eigenvalue weighted by Crippen LogP contribution is -2.43. The Morgan fingerprint density at radius 2 is 2.36 bits per heavy atom. The quantitative estimate of drug-likeness (QED) is 0.848. The Bertz CT molecular complexity index is 628. The van der Waals surface area contributed by atoms with E-state index in [4.69, 9.17) is 4.74 Å². The Morgan fingerprint density at radius 1 is 1.55 bits per heavy atom. The molecule has 1 N–H and O–H groups in total. The van der Waals surface area contributed by atoms with E-state index in [9.17, 15) is 8.42 Å². The SMILES string of the molecule is CCS(=O)(=O)NC[C@]12COC[C@H]1CN(Cc1sccc1C)C2. The average Bonchev–Trinajstić information content (AvgIpc) is 3.12. The van der Waals surface area contributed by atoms with Crippen LogP contribution in [0.5, 0.6) is 0 Å². The summed E-state index contributed by atoms with van der Waals surface area (Å²) in [7, 11) is -3.15. The maximum atomic E-state index is 11.8. The minimum atomic E-state index is -3.15. The number of likely N-dealkylation sites (tertiary alicyclic amines) is 1. The van der Waals surface area contributed by atoms with Crippen molar-refractivity contribution in [3.63, 3.8) is 0 Å². The zero-order valence-electron chi connectivity index (χ0n) is 13.2. The van der Waals surface area contributed by atoms with Gasteiger partial charge in [-0.15, -0.1) is 11.3 Å². The lowest BCUT2D eigenvalue weighted by Gasteiger charge is -2.27. The number of fused-ring (bicyclic) bond motifs is 1. The predicted octanol–water partition coefficient (Wildman–Crippen LogP) is 1.44. The van der Waals surface area contributed by atoms with Gasteiger partial charge in [0.15, 0.2) is 0 Å². The van der Waals surface area contributed by atoms with Gasteiger partial charge in [-0.25, -0.2) is 13.1 Å². The highest BCUT2D eigenvalue weighted by Gasteiger charge is 2.50. The van der Waals surface area contributed by atoms with Gasteiger partial charge in [0.05, 0.1) is 19.0 Å². The molecule has 0 bridgehead atoms. The molecule has 3 heterocycles. The van der Waals surface area contributed by atoms with Gasteiger partial charge in [-0.1, -0.05) is 0 Å². The van der Waals surface area contributed by atoms with Crippen LogP contribution in [0, 0.1) is 18.3 Å². The van der Waals surface area contributed by atoms with E-state index < -0.39 is 10.0 Å². The fourth-order valence-corrected chi connectivity index (χ4v) is 5.10. The number of thiophene rings is 1. The van der Waals surface area contributed by atoms with Crippen LogP contribution in [-0.2, 0) is 21.3 Å². The van der Waals surface area contributed by atoms with Crippen molar-refractivity contribution in [2.45, 2.75) is 20.4 Å². The molecule has 1 aromatic heterocycles. The summed E-state index contributed by atoms with van der Waals surface area (Å²) in [5.41, 5.74) is 1.28. The molecule has 1 aromatic rings. The summed E-state index contributed by atoms with van der Waals surface area (Å²) in [4.78, 5) is 3.86. The minimum absolute atomic E-state index is 0.0621. The van der Waals surface area contributed by atoms with Gasteiger partial charge in [0, 0.05) is 42.4 Å². The van der Waals surface area contributed by atoms with Crippen LogP contribution in [0.3, 0.4) is 0 Å². The van der Waals surface area contributed by atoms with Crippen LogP contribution < -0.4 is 4.72 Å². The van der Waals surface area contributed by atoms with Gasteiger partial charge in [0.2, 0.25) is 10.0 Å². The molecular formula is C15H24N2O3S2. The molecule has 0 radical (unpaired) electrons. The normalized spacial score (nSPS) is 29.1. The van der Waals surface area contributed by atoms with Crippen molar-refractivity contribution >= 4 is 21.4 Å². The Labute approximate surface area is 136 Å². The fraction of sp³-hybridized carbons (Fsp3) is 0.733. The molecule has 22 heavy (non-hydrogen) atoms. The smallest absolute Gasteiger partial charge is 0.211 e. The van der Waals surface area contributed by atoms with Gasteiger partial charge in [-0.2, -0.15) is 0 Å². The van der Waals surface area contributed by atoms with E-state index in [-0.39, 0.29) is 11.2 Å². The van der Waals surface area contributed by atoms with Crippen molar-refractivity contribution in [1.29, 1.82) is 0 Å². The first-order chi connectivity index (χ1) is 10.4. The number of sulfonamides is 1. The summed E-state index contributed by atoms with van der Waals surface area (Å²) in [5, 5.41) is 2.13. The molecule has 5 nitrogen and oxygen atoms in total. The van der Waals surface area contributed by atoms with Gasteiger partial charge in [-0.05, 0) is 30.9 Å². The van der Waals surface area contributed by atoms with Crippen molar-refractivity contribution in [3.8, 4) is 0 Å². The van der Waals surface area contributed by atoms with Crippen LogP contribution in [0.1, 0.15) is 17.4 Å². The molecule has 0 unspecified atom stereocenters. The van der Waals surface area contributed by atoms with E-state index in [1.54, 1.807) is 18.3 Å². The van der Waals surface area contributed by atoms with E-state index in [1.807, 2.05) is 0 Å². The highest BCUT2D eigenvalue weighted by molar-refractivity contribution is 7.89. The maximum Gasteiger partial charge on any atom is 0.211 e. The van der Waals surface area contributed by atoms with Crippen LogP contribution >= 0.6 is 11.3 Å². The minimum Gasteiger partial charge on any atom is -0.380 e. The van der Waals surface area contributed by atoms with E-state index >= 15 is 0 Å². The Balaban J connectivity index is 1.67. The van der Waals surface area contributed by atoms with Gasteiger partial charge < -0.3 is 4.74 Å². The van der Waals surface area contributed by atoms with Crippen molar-refractivity contribution in [3.05, 3.63) is 21.9 Å². The van der Waals surface area contributed by atoms with Gasteiger partial charge >= 0.3 is 0 Å². The van der Waals surface area contributed by atoms with Crippen molar-refractivity contribution < 1.29 is 13.2 Å². The van der Waals surface area contributed by atoms with E-state index in [0.29, 0.717) is 19.1 Å². The van der Waals surface area contributed by atoms with Gasteiger partial charge in [0.25, 0.3) is 0 Å². The van der Waals surface area contributed by atoms with Gasteiger partial charge in [-0.3, -0.25) is 4.90 Å². The van der Waals surface area contributed by atoms with Gasteiger partial charge in [0.1, 0.15) is 0 Å². The molecule has 2 aliphatic heterocycles. The topological polar surface area (TPSA) is 58.6 Å². The van der Waals surface area contributed by atoms with E-state index in [2.05, 4.69) is 28.0 Å². The maximum absolute atomic E-state index is 11.8. The predicted molar refractivity (Wildman–Crippen MR) is 88.5 cm³/mol. The standard InChI is InChI=1S/C15H24N2O3S2/c1-3-22(18,19)16-9-15-10-17(6-13(15)8-20-11-15)7-14-12(2)4-5-21-14/h4-5,13,16H,3,6-11H2,1-2H3/t13-,15+/m1/s1. The zero-order valence-corrected chi connectivity index (χ0v) is 14.8. The summed E-state index contributed by atoms with van der Waals surface area (Å²) in [6.07, 6.45) is 0. The Morgan fingerprint density at radius 3 is 3.05 bits per heavy atom. The number of ether oxygens (including phenoxy) is 1. The molecule has 0 spiro atoms. The molecule has 3 rings (SSSR count). The number of hydrogen-bond donors (Lipinski definition) is 1. The first-order valence-electron chi connectivity index (χ1n) is 7.74. The zero-order chi connectivity index (χ0) is 15.8. The third kappa shape index (κ3) is 3.23. The molecule has 124 valence electrons. The summed E-state index contributed by atoms with van der Waals surface area (Å²) in [6, 6.07) is 2.16. The second-order valence-electron chi connectivity index (χ2n) is 6.50. The Hall–Kier alpha value is -0.470. The van der Waals surface area contributed by atoms with Crippen LogP contribution in [0.15, 0.2) is 11.4 Å². The summed E-state index contributed by atoms with van der Waals surface area (Å²) >= 11 is 1.80. The third-order valence-corrected chi connectivity index (χ3v) is 7.30. The molecule has 0 amide bonds. The first-order valence-corrected chi connectivity index (χ1v) is 10.3. The summed E-state index contributed by atoms with van der Waals surface area (Å²) < 4.78 is 32.0. The fourth-order valence-electron chi connectivity index (χ4n) is 3.44. The molecule has 2 fully saturated rings. The molecule has 2 saturated heterocycles. The van der Waals surface area contributed by atoms with Crippen molar-refractivity contribution in [1.82, 2.24) is 9.62 Å². The molecule has 0 aliphatic carbocycles. The molecule has 2 atom stereocenters. The summed E-state index contributed by atoms with van der Waals surface area (Å²) in [6.45, 7) is 8.57. The lowest BCUT2D eigenvalue weighted by atomic mass is 9.81. The van der Waals surface area contributed by atoms with Crippen LogP contribution in [0.4, 0.5) is 0 Å². The molecule has 0 aromatic carbocycles. The van der Waals surface area contributed by atoms with E-state index in [1.165, 1.54) is 10.4 Å². The molecule has 7 heteroatoms.